The summed E-state index contributed by atoms with van der Waals surface area (Å²) < 4.78 is 15.9. The fourth-order valence-corrected chi connectivity index (χ4v) is 4.00. The Bertz CT molecular complexity index is 781. The lowest BCUT2D eigenvalue weighted by Crippen LogP contribution is -2.29. The third-order valence-electron chi connectivity index (χ3n) is 4.40. The molecule has 0 bridgehead atoms. The number of thiazole rings is 1. The van der Waals surface area contributed by atoms with E-state index in [4.69, 9.17) is 14.2 Å². The largest absolute Gasteiger partial charge is 0.493 e. The summed E-state index contributed by atoms with van der Waals surface area (Å²) in [7, 11) is 4.57. The normalized spacial score (nSPS) is 13.8. The minimum absolute atomic E-state index is 0.261. The quantitative estimate of drug-likeness (QED) is 0.835. The van der Waals surface area contributed by atoms with Crippen molar-refractivity contribution in [1.82, 2.24) is 9.88 Å². The van der Waals surface area contributed by atoms with E-state index in [0.29, 0.717) is 27.9 Å². The van der Waals surface area contributed by atoms with Crippen LogP contribution in [0.15, 0.2) is 12.1 Å². The smallest absolute Gasteiger partial charge is 0.257 e. The Morgan fingerprint density at radius 3 is 2.50 bits per heavy atom. The zero-order chi connectivity index (χ0) is 18.7. The van der Waals surface area contributed by atoms with E-state index in [1.165, 1.54) is 37.5 Å². The number of fused-ring (bicyclic) bond motifs is 1. The van der Waals surface area contributed by atoms with Crippen LogP contribution in [0.2, 0.25) is 0 Å². The summed E-state index contributed by atoms with van der Waals surface area (Å²) in [5.41, 5.74) is 1.50. The Morgan fingerprint density at radius 2 is 1.92 bits per heavy atom. The lowest BCUT2D eigenvalue weighted by molar-refractivity contribution is 0.102. The minimum Gasteiger partial charge on any atom is -0.493 e. The van der Waals surface area contributed by atoms with Crippen molar-refractivity contribution < 1.29 is 19.0 Å². The maximum Gasteiger partial charge on any atom is 0.257 e. The molecule has 2 aromatic rings. The molecular weight excluding hydrogens is 354 g/mol. The SMILES string of the molecule is CCN1CCc2nc(NC(=O)c3cc(OC)c(OC)c(OC)c3)sc2C1. The van der Waals surface area contributed by atoms with Gasteiger partial charge in [-0.1, -0.05) is 6.92 Å². The molecule has 1 aliphatic heterocycles. The van der Waals surface area contributed by atoms with Gasteiger partial charge in [0.25, 0.3) is 5.91 Å². The second-order valence-electron chi connectivity index (χ2n) is 5.88. The van der Waals surface area contributed by atoms with Gasteiger partial charge in [-0.3, -0.25) is 15.0 Å². The summed E-state index contributed by atoms with van der Waals surface area (Å²) in [5.74, 6) is 1.07. The van der Waals surface area contributed by atoms with Crippen molar-refractivity contribution in [2.75, 3.05) is 39.7 Å². The fraction of sp³-hybridized carbons (Fsp3) is 0.444. The monoisotopic (exact) mass is 377 g/mol. The number of methoxy groups -OCH3 is 3. The van der Waals surface area contributed by atoms with E-state index in [-0.39, 0.29) is 5.91 Å². The number of hydrogen-bond donors (Lipinski definition) is 1. The van der Waals surface area contributed by atoms with Gasteiger partial charge in [-0.05, 0) is 18.7 Å². The molecular formula is C18H23N3O4S. The molecule has 1 N–H and O–H groups in total. The first-order chi connectivity index (χ1) is 12.6. The predicted octanol–water partition coefficient (Wildman–Crippen LogP) is 2.80. The van der Waals surface area contributed by atoms with Crippen molar-refractivity contribution in [3.8, 4) is 17.2 Å². The molecule has 0 aliphatic carbocycles. The van der Waals surface area contributed by atoms with E-state index in [1.54, 1.807) is 12.1 Å². The Morgan fingerprint density at radius 1 is 1.23 bits per heavy atom. The number of likely N-dealkylation sites (N-methyl/N-ethyl adjacent to an activating group) is 1. The molecule has 1 aliphatic rings. The van der Waals surface area contributed by atoms with Gasteiger partial charge >= 0.3 is 0 Å². The number of carbonyl (C=O) groups is 1. The van der Waals surface area contributed by atoms with Crippen LogP contribution < -0.4 is 19.5 Å². The standard InChI is InChI=1S/C18H23N3O4S/c1-5-21-7-6-12-15(10-21)26-18(19-12)20-17(22)11-8-13(23-2)16(25-4)14(9-11)24-3/h8-9H,5-7,10H2,1-4H3,(H,19,20,22). The van der Waals surface area contributed by atoms with Gasteiger partial charge in [0, 0.05) is 30.0 Å². The van der Waals surface area contributed by atoms with Crippen molar-refractivity contribution >= 4 is 22.4 Å². The van der Waals surface area contributed by atoms with Crippen LogP contribution in [0.25, 0.3) is 0 Å². The van der Waals surface area contributed by atoms with Crippen LogP contribution >= 0.6 is 11.3 Å². The number of nitrogens with one attached hydrogen (secondary N) is 1. The fourth-order valence-electron chi connectivity index (χ4n) is 2.95. The van der Waals surface area contributed by atoms with Crippen LogP contribution in [-0.4, -0.2) is 50.2 Å². The molecule has 0 saturated carbocycles. The van der Waals surface area contributed by atoms with Crippen LogP contribution in [0.1, 0.15) is 27.9 Å². The highest BCUT2D eigenvalue weighted by Crippen LogP contribution is 2.38. The first-order valence-electron chi connectivity index (χ1n) is 8.41. The van der Waals surface area contributed by atoms with E-state index in [1.807, 2.05) is 0 Å². The zero-order valence-electron chi connectivity index (χ0n) is 15.4. The molecule has 8 heteroatoms. The predicted molar refractivity (Wildman–Crippen MR) is 101 cm³/mol. The number of aromatic nitrogens is 1. The van der Waals surface area contributed by atoms with Crippen LogP contribution in [0.4, 0.5) is 5.13 Å². The second kappa shape index (κ2) is 7.92. The third kappa shape index (κ3) is 3.61. The van der Waals surface area contributed by atoms with Crippen LogP contribution in [0, 0.1) is 0 Å². The Kier molecular flexibility index (Phi) is 5.63. The summed E-state index contributed by atoms with van der Waals surface area (Å²) >= 11 is 1.53. The Labute approximate surface area is 156 Å². The van der Waals surface area contributed by atoms with Gasteiger partial charge < -0.3 is 14.2 Å². The maximum atomic E-state index is 12.7. The molecule has 0 fully saturated rings. The molecule has 0 spiro atoms. The summed E-state index contributed by atoms with van der Waals surface area (Å²) in [6.07, 6.45) is 0.916. The number of rotatable bonds is 6. The minimum atomic E-state index is -0.261. The maximum absolute atomic E-state index is 12.7. The average molecular weight is 377 g/mol. The summed E-state index contributed by atoms with van der Waals surface area (Å²) in [6, 6.07) is 3.26. The highest BCUT2D eigenvalue weighted by molar-refractivity contribution is 7.15. The average Bonchev–Trinajstić information content (AvgIpc) is 3.07. The number of nitrogens with zero attached hydrogens (tertiary/aromatic N) is 2. The van der Waals surface area contributed by atoms with Crippen molar-refractivity contribution in [3.05, 3.63) is 28.3 Å². The topological polar surface area (TPSA) is 72.9 Å². The van der Waals surface area contributed by atoms with Gasteiger partial charge in [0.2, 0.25) is 5.75 Å². The first kappa shape index (κ1) is 18.5. The number of ether oxygens (including phenoxy) is 3. The van der Waals surface area contributed by atoms with E-state index in [9.17, 15) is 4.79 Å². The molecule has 7 nitrogen and oxygen atoms in total. The molecule has 3 rings (SSSR count). The van der Waals surface area contributed by atoms with Gasteiger partial charge in [-0.2, -0.15) is 0 Å². The second-order valence-corrected chi connectivity index (χ2v) is 6.96. The van der Waals surface area contributed by atoms with Gasteiger partial charge in [0.05, 0.1) is 27.0 Å². The number of anilines is 1. The number of benzene rings is 1. The highest BCUT2D eigenvalue weighted by atomic mass is 32.1. The summed E-state index contributed by atoms with van der Waals surface area (Å²) in [5, 5.41) is 3.50. The lowest BCUT2D eigenvalue weighted by atomic mass is 10.1. The zero-order valence-corrected chi connectivity index (χ0v) is 16.2. The molecule has 0 saturated heterocycles. The molecule has 26 heavy (non-hydrogen) atoms. The third-order valence-corrected chi connectivity index (χ3v) is 5.40. The van der Waals surface area contributed by atoms with Crippen LogP contribution in [-0.2, 0) is 13.0 Å². The van der Waals surface area contributed by atoms with Crippen molar-refractivity contribution in [2.24, 2.45) is 0 Å². The lowest BCUT2D eigenvalue weighted by Gasteiger charge is -2.23. The molecule has 1 amide bonds. The van der Waals surface area contributed by atoms with E-state index >= 15 is 0 Å². The van der Waals surface area contributed by atoms with Gasteiger partial charge in [-0.25, -0.2) is 4.98 Å². The summed E-state index contributed by atoms with van der Waals surface area (Å²) in [6.45, 7) is 5.07. The molecule has 1 aromatic heterocycles. The van der Waals surface area contributed by atoms with Crippen molar-refractivity contribution in [2.45, 2.75) is 19.9 Å². The number of carbonyl (C=O) groups excluding carboxylic acids is 1. The van der Waals surface area contributed by atoms with Gasteiger partial charge in [0.1, 0.15) is 0 Å². The number of amides is 1. The molecule has 2 heterocycles. The van der Waals surface area contributed by atoms with E-state index in [0.717, 1.165) is 31.7 Å². The van der Waals surface area contributed by atoms with Crippen LogP contribution in [0.3, 0.4) is 0 Å². The first-order valence-corrected chi connectivity index (χ1v) is 9.23. The van der Waals surface area contributed by atoms with Gasteiger partial charge in [0.15, 0.2) is 16.6 Å². The Balaban J connectivity index is 1.81. The molecule has 1 aromatic carbocycles. The summed E-state index contributed by atoms with van der Waals surface area (Å²) in [4.78, 5) is 20.8. The molecule has 0 atom stereocenters. The number of hydrogen-bond acceptors (Lipinski definition) is 7. The van der Waals surface area contributed by atoms with E-state index in [2.05, 4.69) is 22.1 Å². The molecule has 140 valence electrons. The van der Waals surface area contributed by atoms with Crippen molar-refractivity contribution in [1.29, 1.82) is 0 Å². The van der Waals surface area contributed by atoms with Crippen LogP contribution in [0.5, 0.6) is 17.2 Å². The highest BCUT2D eigenvalue weighted by Gasteiger charge is 2.22. The molecule has 0 radical (unpaired) electrons. The van der Waals surface area contributed by atoms with Gasteiger partial charge in [-0.15, -0.1) is 11.3 Å². The molecule has 0 unspecified atom stereocenters. The van der Waals surface area contributed by atoms with Crippen molar-refractivity contribution in [3.63, 3.8) is 0 Å². The van der Waals surface area contributed by atoms with E-state index < -0.39 is 0 Å². The Hall–Kier alpha value is -2.32.